The molecule has 0 aliphatic heterocycles. The molecule has 0 saturated heterocycles. The van der Waals surface area contributed by atoms with Crippen LogP contribution in [0, 0.1) is 0 Å². The molecule has 1 amide bonds. The van der Waals surface area contributed by atoms with Gasteiger partial charge in [0.25, 0.3) is 0 Å². The van der Waals surface area contributed by atoms with Crippen molar-refractivity contribution in [3.05, 3.63) is 34.7 Å². The minimum Gasteiger partial charge on any atom is -0.317 e. The van der Waals surface area contributed by atoms with E-state index in [0.717, 1.165) is 45.1 Å². The largest absolute Gasteiger partial charge is 0.317 e. The van der Waals surface area contributed by atoms with Crippen LogP contribution in [0.4, 0.5) is 5.00 Å². The van der Waals surface area contributed by atoms with Gasteiger partial charge in [-0.3, -0.25) is 4.79 Å². The van der Waals surface area contributed by atoms with Gasteiger partial charge < -0.3 is 5.32 Å². The van der Waals surface area contributed by atoms with Crippen molar-refractivity contribution in [3.8, 4) is 10.6 Å². The van der Waals surface area contributed by atoms with Crippen LogP contribution in [0.1, 0.15) is 23.8 Å². The molecule has 0 saturated carbocycles. The summed E-state index contributed by atoms with van der Waals surface area (Å²) in [6.07, 6.45) is 2.83. The van der Waals surface area contributed by atoms with E-state index in [4.69, 9.17) is 16.8 Å². The van der Waals surface area contributed by atoms with Gasteiger partial charge in [-0.15, -0.1) is 22.7 Å². The molecule has 1 aromatic carbocycles. The number of carbonyl (C=O) groups is 1. The molecule has 4 rings (SSSR count). The smallest absolute Gasteiger partial charge is 0.221 e. The maximum atomic E-state index is 11.6. The van der Waals surface area contributed by atoms with Crippen LogP contribution in [0.25, 0.3) is 20.8 Å². The van der Waals surface area contributed by atoms with Crippen molar-refractivity contribution < 1.29 is 4.79 Å². The third-order valence-electron chi connectivity index (χ3n) is 4.22. The molecule has 1 atom stereocenters. The van der Waals surface area contributed by atoms with Crippen molar-refractivity contribution in [2.24, 2.45) is 0 Å². The average molecular weight is 378 g/mol. The summed E-state index contributed by atoms with van der Waals surface area (Å²) in [7, 11) is 0. The number of aromatic nitrogens is 1. The molecule has 124 valence electrons. The van der Waals surface area contributed by atoms with E-state index in [2.05, 4.69) is 16.2 Å². The summed E-state index contributed by atoms with van der Waals surface area (Å²) >= 11 is 9.15. The molecule has 2 heterocycles. The van der Waals surface area contributed by atoms with Gasteiger partial charge in [0, 0.05) is 23.4 Å². The summed E-state index contributed by atoms with van der Waals surface area (Å²) < 4.78 is 1.16. The minimum atomic E-state index is -0.0528. The molecular weight excluding hydrogens is 362 g/mol. The van der Waals surface area contributed by atoms with E-state index in [9.17, 15) is 4.79 Å². The SMILES string of the molecule is CC(=O)Nc1sc2c(c1-c1nc3ccccc3s1)CCC(NCl)C2. The molecule has 1 aliphatic carbocycles. The number of nitrogens with one attached hydrogen (secondary N) is 2. The van der Waals surface area contributed by atoms with Crippen LogP contribution in [0.2, 0.25) is 0 Å². The van der Waals surface area contributed by atoms with Crippen LogP contribution < -0.4 is 10.2 Å². The maximum Gasteiger partial charge on any atom is 0.221 e. The number of hydrogen-bond donors (Lipinski definition) is 2. The Labute approximate surface area is 153 Å². The Bertz CT molecular complexity index is 885. The third kappa shape index (κ3) is 2.84. The molecule has 7 heteroatoms. The summed E-state index contributed by atoms with van der Waals surface area (Å²) in [6, 6.07) is 8.42. The molecule has 0 fully saturated rings. The van der Waals surface area contributed by atoms with E-state index in [-0.39, 0.29) is 11.9 Å². The summed E-state index contributed by atoms with van der Waals surface area (Å²) in [5.41, 5.74) is 3.41. The van der Waals surface area contributed by atoms with Gasteiger partial charge in [-0.25, -0.2) is 9.82 Å². The number of benzene rings is 1. The first-order valence-electron chi connectivity index (χ1n) is 7.80. The fourth-order valence-corrected chi connectivity index (χ4v) is 5.80. The number of nitrogens with zero attached hydrogens (tertiary/aromatic N) is 1. The lowest BCUT2D eigenvalue weighted by Gasteiger charge is -2.20. The van der Waals surface area contributed by atoms with E-state index >= 15 is 0 Å². The monoisotopic (exact) mass is 377 g/mol. The molecule has 1 aliphatic rings. The number of halogens is 1. The molecule has 3 aromatic rings. The molecule has 2 N–H and O–H groups in total. The van der Waals surface area contributed by atoms with Crippen LogP contribution in [0.5, 0.6) is 0 Å². The lowest BCUT2D eigenvalue weighted by Crippen LogP contribution is -2.27. The second-order valence-corrected chi connectivity index (χ2v) is 8.28. The molecule has 24 heavy (non-hydrogen) atoms. The van der Waals surface area contributed by atoms with E-state index in [1.165, 1.54) is 10.4 Å². The van der Waals surface area contributed by atoms with Crippen molar-refractivity contribution in [1.29, 1.82) is 0 Å². The van der Waals surface area contributed by atoms with Crippen molar-refractivity contribution in [2.75, 3.05) is 5.32 Å². The zero-order valence-corrected chi connectivity index (χ0v) is 15.4. The number of fused-ring (bicyclic) bond motifs is 2. The quantitative estimate of drug-likeness (QED) is 0.656. The van der Waals surface area contributed by atoms with E-state index in [1.807, 2.05) is 18.2 Å². The van der Waals surface area contributed by atoms with Gasteiger partial charge in [0.15, 0.2) is 0 Å². The molecule has 0 radical (unpaired) electrons. The highest BCUT2D eigenvalue weighted by atomic mass is 35.5. The van der Waals surface area contributed by atoms with Crippen LogP contribution >= 0.6 is 34.5 Å². The van der Waals surface area contributed by atoms with Crippen LogP contribution in [-0.4, -0.2) is 16.9 Å². The molecule has 1 unspecified atom stereocenters. The van der Waals surface area contributed by atoms with Gasteiger partial charge in [-0.05, 0) is 48.7 Å². The predicted molar refractivity (Wildman–Crippen MR) is 102 cm³/mol. The Hall–Kier alpha value is -1.47. The zero-order chi connectivity index (χ0) is 16.7. The molecule has 4 nitrogen and oxygen atoms in total. The Morgan fingerprint density at radius 2 is 2.17 bits per heavy atom. The average Bonchev–Trinajstić information content (AvgIpc) is 3.13. The van der Waals surface area contributed by atoms with Crippen molar-refractivity contribution >= 4 is 55.6 Å². The Morgan fingerprint density at radius 1 is 1.33 bits per heavy atom. The van der Waals surface area contributed by atoms with Gasteiger partial charge in [0.1, 0.15) is 10.0 Å². The predicted octanol–water partition coefficient (Wildman–Crippen LogP) is 4.58. The number of amides is 1. The first kappa shape index (κ1) is 16.0. The van der Waals surface area contributed by atoms with E-state index < -0.39 is 0 Å². The van der Waals surface area contributed by atoms with Gasteiger partial charge in [0.2, 0.25) is 5.91 Å². The standard InChI is InChI=1S/C17H16ClN3OS2/c1-9(22)19-16-15(11-7-6-10(21-18)8-14(11)24-16)17-20-12-4-2-3-5-13(12)23-17/h2-5,10,21H,6-8H2,1H3,(H,19,22). The van der Waals surface area contributed by atoms with Gasteiger partial charge in [-0.1, -0.05) is 12.1 Å². The van der Waals surface area contributed by atoms with E-state index in [0.29, 0.717) is 0 Å². The lowest BCUT2D eigenvalue weighted by atomic mass is 9.92. The highest BCUT2D eigenvalue weighted by Gasteiger charge is 2.28. The first-order valence-corrected chi connectivity index (χ1v) is 9.81. The lowest BCUT2D eigenvalue weighted by molar-refractivity contribution is -0.114. The van der Waals surface area contributed by atoms with Crippen molar-refractivity contribution in [3.63, 3.8) is 0 Å². The fourth-order valence-electron chi connectivity index (χ4n) is 3.13. The number of thiazole rings is 1. The fraction of sp³-hybridized carbons (Fsp3) is 0.294. The molecule has 0 bridgehead atoms. The van der Waals surface area contributed by atoms with Gasteiger partial charge >= 0.3 is 0 Å². The first-order chi connectivity index (χ1) is 11.7. The van der Waals surface area contributed by atoms with Crippen molar-refractivity contribution in [2.45, 2.75) is 32.2 Å². The number of rotatable bonds is 3. The highest BCUT2D eigenvalue weighted by Crippen LogP contribution is 2.46. The molecular formula is C17H16ClN3OS2. The summed E-state index contributed by atoms with van der Waals surface area (Å²) in [6.45, 7) is 1.55. The second kappa shape index (κ2) is 6.44. The van der Waals surface area contributed by atoms with E-state index in [1.54, 1.807) is 29.6 Å². The number of anilines is 1. The van der Waals surface area contributed by atoms with Crippen LogP contribution in [-0.2, 0) is 17.6 Å². The molecule has 0 spiro atoms. The summed E-state index contributed by atoms with van der Waals surface area (Å²) in [5.74, 6) is -0.0528. The summed E-state index contributed by atoms with van der Waals surface area (Å²) in [5, 5.41) is 4.88. The maximum absolute atomic E-state index is 11.6. The zero-order valence-electron chi connectivity index (χ0n) is 13.1. The number of hydrogen-bond acceptors (Lipinski definition) is 5. The Morgan fingerprint density at radius 3 is 2.92 bits per heavy atom. The second-order valence-electron chi connectivity index (χ2n) is 5.92. The Balaban J connectivity index is 1.86. The highest BCUT2D eigenvalue weighted by molar-refractivity contribution is 7.22. The number of thiophene rings is 1. The summed E-state index contributed by atoms with van der Waals surface area (Å²) in [4.78, 5) is 20.6. The van der Waals surface area contributed by atoms with Crippen LogP contribution in [0.3, 0.4) is 0 Å². The molecule has 2 aromatic heterocycles. The van der Waals surface area contributed by atoms with Gasteiger partial charge in [0.05, 0.1) is 10.2 Å². The third-order valence-corrected chi connectivity index (χ3v) is 6.75. The Kier molecular flexibility index (Phi) is 4.30. The van der Waals surface area contributed by atoms with Crippen LogP contribution in [0.15, 0.2) is 24.3 Å². The normalized spacial score (nSPS) is 17.0. The van der Waals surface area contributed by atoms with Gasteiger partial charge in [-0.2, -0.15) is 0 Å². The topological polar surface area (TPSA) is 54.0 Å². The van der Waals surface area contributed by atoms with Crippen molar-refractivity contribution in [1.82, 2.24) is 9.82 Å². The number of carbonyl (C=O) groups excluding carboxylic acids is 1. The minimum absolute atomic E-state index is 0.0528. The number of para-hydroxylation sites is 1.